The fourth-order valence-corrected chi connectivity index (χ4v) is 3.49. The quantitative estimate of drug-likeness (QED) is 0.432. The summed E-state index contributed by atoms with van der Waals surface area (Å²) in [7, 11) is 0. The van der Waals surface area contributed by atoms with Crippen LogP contribution < -0.4 is 15.8 Å². The number of nitrogens with one attached hydrogen (secondary N) is 2. The van der Waals surface area contributed by atoms with Crippen molar-refractivity contribution in [2.24, 2.45) is 5.73 Å². The Hall–Kier alpha value is -3.09. The third kappa shape index (κ3) is 4.10. The Kier molecular flexibility index (Phi) is 6.59. The largest absolute Gasteiger partial charge is 0.494 e. The molecule has 1 amide bonds. The van der Waals surface area contributed by atoms with E-state index in [1.165, 1.54) is 0 Å². The zero-order valence-electron chi connectivity index (χ0n) is 17.0. The molecule has 156 valence electrons. The highest BCUT2D eigenvalue weighted by molar-refractivity contribution is 6.13. The number of amides is 1. The summed E-state index contributed by atoms with van der Waals surface area (Å²) >= 11 is 0. The first-order valence-electron chi connectivity index (χ1n) is 9.75. The first-order valence-corrected chi connectivity index (χ1v) is 9.75. The summed E-state index contributed by atoms with van der Waals surface area (Å²) in [6, 6.07) is 15.9. The minimum atomic E-state index is -0.230. The van der Waals surface area contributed by atoms with Crippen LogP contribution in [0.4, 0.5) is 0 Å². The van der Waals surface area contributed by atoms with Crippen molar-refractivity contribution in [1.82, 2.24) is 15.3 Å². The van der Waals surface area contributed by atoms with Gasteiger partial charge >= 0.3 is 0 Å². The summed E-state index contributed by atoms with van der Waals surface area (Å²) in [5.74, 6) is 0.572. The molecule has 2 aromatic heterocycles. The number of fused-ring (bicyclic) bond motifs is 3. The van der Waals surface area contributed by atoms with Crippen molar-refractivity contribution in [2.45, 2.75) is 13.8 Å². The lowest BCUT2D eigenvalue weighted by Crippen LogP contribution is -2.29. The van der Waals surface area contributed by atoms with Gasteiger partial charge in [0, 0.05) is 34.9 Å². The van der Waals surface area contributed by atoms with E-state index in [0.717, 1.165) is 44.4 Å². The molecule has 0 aliphatic rings. The van der Waals surface area contributed by atoms with Crippen LogP contribution in [0.2, 0.25) is 0 Å². The second-order valence-electron chi connectivity index (χ2n) is 6.95. The maximum absolute atomic E-state index is 12.6. The number of hydrogen-bond donors (Lipinski definition) is 3. The van der Waals surface area contributed by atoms with Crippen LogP contribution in [0.5, 0.6) is 5.75 Å². The summed E-state index contributed by atoms with van der Waals surface area (Å²) in [6.45, 7) is 5.41. The first-order chi connectivity index (χ1) is 14.1. The van der Waals surface area contributed by atoms with Gasteiger partial charge in [-0.3, -0.25) is 4.79 Å². The molecule has 7 heteroatoms. The van der Waals surface area contributed by atoms with Crippen molar-refractivity contribution in [3.05, 3.63) is 59.8 Å². The predicted molar refractivity (Wildman–Crippen MR) is 124 cm³/mol. The molecule has 2 aromatic carbocycles. The summed E-state index contributed by atoms with van der Waals surface area (Å²) in [5.41, 5.74) is 10.6. The first kappa shape index (κ1) is 21.6. The maximum Gasteiger partial charge on any atom is 0.269 e. The van der Waals surface area contributed by atoms with Crippen molar-refractivity contribution in [1.29, 1.82) is 0 Å². The highest BCUT2D eigenvalue weighted by atomic mass is 35.5. The summed E-state index contributed by atoms with van der Waals surface area (Å²) < 4.78 is 5.55. The second kappa shape index (κ2) is 9.15. The van der Waals surface area contributed by atoms with Crippen LogP contribution in [-0.2, 0) is 0 Å². The lowest BCUT2D eigenvalue weighted by atomic mass is 10.1. The molecule has 4 rings (SSSR count). The average molecular weight is 425 g/mol. The van der Waals surface area contributed by atoms with Crippen LogP contribution in [0.3, 0.4) is 0 Å². The minimum Gasteiger partial charge on any atom is -0.494 e. The van der Waals surface area contributed by atoms with Gasteiger partial charge in [-0.25, -0.2) is 4.98 Å². The fraction of sp³-hybridized carbons (Fsp3) is 0.217. The number of aromatic amines is 1. The zero-order chi connectivity index (χ0) is 20.4. The lowest BCUT2D eigenvalue weighted by Gasteiger charge is -2.09. The predicted octanol–water partition coefficient (Wildman–Crippen LogP) is 4.20. The molecule has 6 nitrogen and oxygen atoms in total. The van der Waals surface area contributed by atoms with Crippen LogP contribution in [-0.4, -0.2) is 35.6 Å². The van der Waals surface area contributed by atoms with Gasteiger partial charge in [0.15, 0.2) is 0 Å². The van der Waals surface area contributed by atoms with E-state index < -0.39 is 0 Å². The minimum absolute atomic E-state index is 0. The number of aryl methyl sites for hydroxylation is 1. The van der Waals surface area contributed by atoms with Crippen molar-refractivity contribution in [3.8, 4) is 17.0 Å². The number of rotatable bonds is 6. The molecule has 4 N–H and O–H groups in total. The Balaban J connectivity index is 0.00000256. The van der Waals surface area contributed by atoms with Gasteiger partial charge in [-0.05, 0) is 56.3 Å². The smallest absolute Gasteiger partial charge is 0.269 e. The number of benzene rings is 2. The van der Waals surface area contributed by atoms with Gasteiger partial charge < -0.3 is 20.8 Å². The summed E-state index contributed by atoms with van der Waals surface area (Å²) in [4.78, 5) is 20.8. The fourth-order valence-electron chi connectivity index (χ4n) is 3.49. The molecule has 2 heterocycles. The number of carbonyl (C=O) groups excluding carboxylic acids is 1. The third-order valence-corrected chi connectivity index (χ3v) is 4.85. The molecule has 0 saturated heterocycles. The van der Waals surface area contributed by atoms with Crippen LogP contribution in [0.1, 0.15) is 23.0 Å². The molecule has 4 aromatic rings. The monoisotopic (exact) mass is 424 g/mol. The Morgan fingerprint density at radius 2 is 1.90 bits per heavy atom. The van der Waals surface area contributed by atoms with Gasteiger partial charge in [0.25, 0.3) is 5.91 Å². The van der Waals surface area contributed by atoms with Gasteiger partial charge in [0.1, 0.15) is 11.4 Å². The van der Waals surface area contributed by atoms with Gasteiger partial charge in [0.05, 0.1) is 17.8 Å². The number of nitrogens with zero attached hydrogens (tertiary/aromatic N) is 1. The van der Waals surface area contributed by atoms with Gasteiger partial charge in [-0.2, -0.15) is 0 Å². The van der Waals surface area contributed by atoms with E-state index in [4.69, 9.17) is 15.5 Å². The van der Waals surface area contributed by atoms with E-state index in [2.05, 4.69) is 35.4 Å². The van der Waals surface area contributed by atoms with E-state index in [0.29, 0.717) is 25.4 Å². The highest BCUT2D eigenvalue weighted by Crippen LogP contribution is 2.33. The SMILES string of the molecule is CCOc1ccc(-c2nc(C(=O)NCCN)cc3c2[nH]c2ccc(C)cc23)cc1.Cl. The molecule has 0 saturated carbocycles. The van der Waals surface area contributed by atoms with Gasteiger partial charge in [-0.15, -0.1) is 12.4 Å². The van der Waals surface area contributed by atoms with E-state index in [9.17, 15) is 4.79 Å². The van der Waals surface area contributed by atoms with E-state index >= 15 is 0 Å². The lowest BCUT2D eigenvalue weighted by molar-refractivity contribution is 0.0950. The van der Waals surface area contributed by atoms with Crippen molar-refractivity contribution in [3.63, 3.8) is 0 Å². The zero-order valence-corrected chi connectivity index (χ0v) is 17.8. The Labute approximate surface area is 181 Å². The topological polar surface area (TPSA) is 93.0 Å². The molecular weight excluding hydrogens is 400 g/mol. The Bertz CT molecular complexity index is 1190. The normalized spacial score (nSPS) is 10.8. The standard InChI is InChI=1S/C23H24N4O2.ClH/c1-3-29-16-7-5-15(6-8-16)21-22-18(13-20(27-21)23(28)25-11-10-24)17-12-14(2)4-9-19(17)26-22;/h4-9,12-13,26H,3,10-11,24H2,1-2H3,(H,25,28);1H. The summed E-state index contributed by atoms with van der Waals surface area (Å²) in [6.07, 6.45) is 0. The van der Waals surface area contributed by atoms with Crippen molar-refractivity contribution < 1.29 is 9.53 Å². The number of pyridine rings is 1. The number of carbonyl (C=O) groups is 1. The Morgan fingerprint density at radius 1 is 1.13 bits per heavy atom. The van der Waals surface area contributed by atoms with E-state index in [1.54, 1.807) is 0 Å². The molecule has 0 fully saturated rings. The van der Waals surface area contributed by atoms with Crippen LogP contribution >= 0.6 is 12.4 Å². The molecule has 0 atom stereocenters. The van der Waals surface area contributed by atoms with E-state index in [-0.39, 0.29) is 18.3 Å². The van der Waals surface area contributed by atoms with Gasteiger partial charge in [-0.1, -0.05) is 11.6 Å². The molecule has 0 aliphatic carbocycles. The summed E-state index contributed by atoms with van der Waals surface area (Å²) in [5, 5.41) is 4.86. The van der Waals surface area contributed by atoms with E-state index in [1.807, 2.05) is 37.3 Å². The number of aromatic nitrogens is 2. The molecular formula is C23H25ClN4O2. The highest BCUT2D eigenvalue weighted by Gasteiger charge is 2.17. The molecule has 0 radical (unpaired) electrons. The van der Waals surface area contributed by atoms with Crippen LogP contribution in [0, 0.1) is 6.92 Å². The van der Waals surface area contributed by atoms with Gasteiger partial charge in [0.2, 0.25) is 0 Å². The molecule has 0 unspecified atom stereocenters. The number of H-pyrrole nitrogens is 1. The Morgan fingerprint density at radius 3 is 2.60 bits per heavy atom. The third-order valence-electron chi connectivity index (χ3n) is 4.85. The van der Waals surface area contributed by atoms with Crippen LogP contribution in [0.25, 0.3) is 33.1 Å². The molecule has 0 bridgehead atoms. The van der Waals surface area contributed by atoms with Crippen molar-refractivity contribution in [2.75, 3.05) is 19.7 Å². The second-order valence-corrected chi connectivity index (χ2v) is 6.95. The molecule has 0 aliphatic heterocycles. The number of hydrogen-bond acceptors (Lipinski definition) is 4. The maximum atomic E-state index is 12.6. The number of ether oxygens (including phenoxy) is 1. The van der Waals surface area contributed by atoms with Crippen LogP contribution in [0.15, 0.2) is 48.5 Å². The average Bonchev–Trinajstić information content (AvgIpc) is 3.10. The molecule has 30 heavy (non-hydrogen) atoms. The van der Waals surface area contributed by atoms with Crippen molar-refractivity contribution >= 4 is 40.1 Å². The number of nitrogens with two attached hydrogens (primary N) is 1. The molecule has 0 spiro atoms. The number of halogens is 1.